The first-order valence-electron chi connectivity index (χ1n) is 10.5. The zero-order valence-electron chi connectivity index (χ0n) is 18.3. The van der Waals surface area contributed by atoms with Gasteiger partial charge >= 0.3 is 0 Å². The van der Waals surface area contributed by atoms with E-state index < -0.39 is 0 Å². The number of aromatic nitrogens is 5. The highest BCUT2D eigenvalue weighted by Gasteiger charge is 2.18. The molecule has 0 aliphatic carbocycles. The van der Waals surface area contributed by atoms with E-state index in [1.165, 1.54) is 11.8 Å². The van der Waals surface area contributed by atoms with E-state index in [0.29, 0.717) is 34.8 Å². The first-order valence-corrected chi connectivity index (χ1v) is 11.9. The monoisotopic (exact) mass is 489 g/mol. The van der Waals surface area contributed by atoms with E-state index in [1.807, 2.05) is 66.7 Å². The van der Waals surface area contributed by atoms with E-state index in [4.69, 9.17) is 20.9 Å². The number of ether oxygens (including phenoxy) is 1. The molecule has 0 aliphatic rings. The lowest BCUT2D eigenvalue weighted by atomic mass is 10.2. The second-order valence-corrected chi connectivity index (χ2v) is 8.76. The Labute approximate surface area is 205 Å². The molecule has 2 aromatic heterocycles. The van der Waals surface area contributed by atoms with E-state index >= 15 is 0 Å². The Kier molecular flexibility index (Phi) is 6.60. The standard InChI is InChI=1S/C25H20ClN5O2S/c1-32-21-10-6-5-9-20(21)23-27-22(33-30-23)16-34-25-29-28-24(18-11-13-19(26)14-12-18)31(25)15-17-7-3-2-4-8-17/h2-14H,15-16H2,1H3. The first kappa shape index (κ1) is 22.2. The van der Waals surface area contributed by atoms with Crippen LogP contribution >= 0.6 is 23.4 Å². The van der Waals surface area contributed by atoms with Gasteiger partial charge in [-0.3, -0.25) is 4.57 Å². The molecule has 34 heavy (non-hydrogen) atoms. The second-order valence-electron chi connectivity index (χ2n) is 7.39. The Hall–Kier alpha value is -3.62. The molecule has 0 bridgehead atoms. The fourth-order valence-corrected chi connectivity index (χ4v) is 4.40. The lowest BCUT2D eigenvalue weighted by Crippen LogP contribution is -2.04. The molecule has 0 spiro atoms. The maximum absolute atomic E-state index is 6.08. The molecule has 9 heteroatoms. The van der Waals surface area contributed by atoms with Crippen molar-refractivity contribution in [3.63, 3.8) is 0 Å². The highest BCUT2D eigenvalue weighted by molar-refractivity contribution is 7.98. The van der Waals surface area contributed by atoms with Gasteiger partial charge in [0.15, 0.2) is 11.0 Å². The highest BCUT2D eigenvalue weighted by Crippen LogP contribution is 2.30. The zero-order valence-corrected chi connectivity index (χ0v) is 19.8. The van der Waals surface area contributed by atoms with Crippen LogP contribution in [-0.4, -0.2) is 32.0 Å². The van der Waals surface area contributed by atoms with Crippen LogP contribution in [0.5, 0.6) is 5.75 Å². The maximum atomic E-state index is 6.08. The van der Waals surface area contributed by atoms with Crippen molar-refractivity contribution in [2.24, 2.45) is 0 Å². The van der Waals surface area contributed by atoms with E-state index in [0.717, 1.165) is 27.7 Å². The van der Waals surface area contributed by atoms with E-state index in [-0.39, 0.29) is 0 Å². The van der Waals surface area contributed by atoms with Crippen LogP contribution in [0.3, 0.4) is 0 Å². The van der Waals surface area contributed by atoms with Crippen LogP contribution < -0.4 is 4.74 Å². The smallest absolute Gasteiger partial charge is 0.237 e. The van der Waals surface area contributed by atoms with Gasteiger partial charge in [-0.05, 0) is 42.0 Å². The van der Waals surface area contributed by atoms with Crippen LogP contribution in [-0.2, 0) is 12.3 Å². The number of benzene rings is 3. The number of hydrogen-bond donors (Lipinski definition) is 0. The molecule has 5 rings (SSSR count). The predicted octanol–water partition coefficient (Wildman–Crippen LogP) is 6.00. The van der Waals surface area contributed by atoms with Crippen molar-refractivity contribution >= 4 is 23.4 Å². The summed E-state index contributed by atoms with van der Waals surface area (Å²) in [7, 11) is 1.62. The van der Waals surface area contributed by atoms with Crippen LogP contribution in [0, 0.1) is 0 Å². The average Bonchev–Trinajstić information content (AvgIpc) is 3.51. The fraction of sp³-hybridized carbons (Fsp3) is 0.120. The van der Waals surface area contributed by atoms with Crippen LogP contribution in [0.25, 0.3) is 22.8 Å². The predicted molar refractivity (Wildman–Crippen MR) is 132 cm³/mol. The Morgan fingerprint density at radius 2 is 1.71 bits per heavy atom. The highest BCUT2D eigenvalue weighted by atomic mass is 35.5. The Bertz CT molecular complexity index is 1390. The average molecular weight is 490 g/mol. The van der Waals surface area contributed by atoms with Gasteiger partial charge in [0.25, 0.3) is 0 Å². The van der Waals surface area contributed by atoms with Gasteiger partial charge in [0.2, 0.25) is 11.7 Å². The Morgan fingerprint density at radius 1 is 0.941 bits per heavy atom. The number of thioether (sulfide) groups is 1. The lowest BCUT2D eigenvalue weighted by Gasteiger charge is -2.10. The minimum absolute atomic E-state index is 0.454. The molecule has 0 N–H and O–H groups in total. The van der Waals surface area contributed by atoms with Crippen molar-refractivity contribution in [2.75, 3.05) is 7.11 Å². The minimum Gasteiger partial charge on any atom is -0.496 e. The van der Waals surface area contributed by atoms with Crippen LogP contribution in [0.2, 0.25) is 5.02 Å². The lowest BCUT2D eigenvalue weighted by molar-refractivity contribution is 0.390. The number of nitrogens with zero attached hydrogens (tertiary/aromatic N) is 5. The summed E-state index contributed by atoms with van der Waals surface area (Å²) in [5.41, 5.74) is 2.87. The molecule has 0 saturated heterocycles. The van der Waals surface area contributed by atoms with Gasteiger partial charge < -0.3 is 9.26 Å². The number of rotatable bonds is 8. The summed E-state index contributed by atoms with van der Waals surface area (Å²) >= 11 is 7.57. The van der Waals surface area contributed by atoms with Gasteiger partial charge in [0.1, 0.15) is 5.75 Å². The molecule has 7 nitrogen and oxygen atoms in total. The minimum atomic E-state index is 0.454. The number of para-hydroxylation sites is 1. The topological polar surface area (TPSA) is 78.9 Å². The summed E-state index contributed by atoms with van der Waals surface area (Å²) in [4.78, 5) is 4.54. The third kappa shape index (κ3) is 4.83. The van der Waals surface area contributed by atoms with Crippen molar-refractivity contribution in [2.45, 2.75) is 17.5 Å². The largest absolute Gasteiger partial charge is 0.496 e. The van der Waals surface area contributed by atoms with Gasteiger partial charge in [0, 0.05) is 10.6 Å². The zero-order chi connectivity index (χ0) is 23.3. The van der Waals surface area contributed by atoms with Crippen molar-refractivity contribution < 1.29 is 9.26 Å². The van der Waals surface area contributed by atoms with Crippen molar-refractivity contribution in [1.82, 2.24) is 24.9 Å². The third-order valence-electron chi connectivity index (χ3n) is 5.14. The third-order valence-corrected chi connectivity index (χ3v) is 6.35. The second kappa shape index (κ2) is 10.1. The molecule has 5 aromatic rings. The van der Waals surface area contributed by atoms with Gasteiger partial charge in [-0.2, -0.15) is 4.98 Å². The number of halogens is 1. The quantitative estimate of drug-likeness (QED) is 0.247. The summed E-state index contributed by atoms with van der Waals surface area (Å²) in [5.74, 6) is 2.89. The van der Waals surface area contributed by atoms with Gasteiger partial charge in [0.05, 0.1) is 25.0 Å². The molecule has 0 fully saturated rings. The SMILES string of the molecule is COc1ccccc1-c1noc(CSc2nnc(-c3ccc(Cl)cc3)n2Cc2ccccc2)n1. The van der Waals surface area contributed by atoms with Gasteiger partial charge in [-0.25, -0.2) is 0 Å². The van der Waals surface area contributed by atoms with Crippen LogP contribution in [0.4, 0.5) is 0 Å². The normalized spacial score (nSPS) is 11.0. The van der Waals surface area contributed by atoms with E-state index in [1.54, 1.807) is 7.11 Å². The number of hydrogen-bond acceptors (Lipinski definition) is 7. The maximum Gasteiger partial charge on any atom is 0.237 e. The molecule has 2 heterocycles. The summed E-state index contributed by atoms with van der Waals surface area (Å²) < 4.78 is 13.0. The Morgan fingerprint density at radius 3 is 2.50 bits per heavy atom. The van der Waals surface area contributed by atoms with Crippen molar-refractivity contribution in [3.05, 3.63) is 95.3 Å². The summed E-state index contributed by atoms with van der Waals surface area (Å²) in [5, 5.41) is 14.5. The first-order chi connectivity index (χ1) is 16.7. The van der Waals surface area contributed by atoms with E-state index in [9.17, 15) is 0 Å². The molecule has 170 valence electrons. The molecular formula is C25H20ClN5O2S. The molecule has 0 unspecified atom stereocenters. The van der Waals surface area contributed by atoms with E-state index in [2.05, 4.69) is 37.0 Å². The van der Waals surface area contributed by atoms with Gasteiger partial charge in [-0.15, -0.1) is 10.2 Å². The van der Waals surface area contributed by atoms with Crippen LogP contribution in [0.1, 0.15) is 11.5 Å². The van der Waals surface area contributed by atoms with Crippen molar-refractivity contribution in [1.29, 1.82) is 0 Å². The molecule has 3 aromatic carbocycles. The molecule has 0 amide bonds. The molecule has 0 radical (unpaired) electrons. The van der Waals surface area contributed by atoms with Gasteiger partial charge in [-0.1, -0.05) is 71.0 Å². The molecule has 0 saturated carbocycles. The van der Waals surface area contributed by atoms with Crippen molar-refractivity contribution in [3.8, 4) is 28.5 Å². The fourth-order valence-electron chi connectivity index (χ4n) is 3.50. The summed E-state index contributed by atoms with van der Waals surface area (Å²) in [6, 6.07) is 25.4. The number of methoxy groups -OCH3 is 1. The Balaban J connectivity index is 1.40. The molecule has 0 aliphatic heterocycles. The molecule has 0 atom stereocenters. The summed E-state index contributed by atoms with van der Waals surface area (Å²) in [6.07, 6.45) is 0. The summed E-state index contributed by atoms with van der Waals surface area (Å²) in [6.45, 7) is 0.629. The van der Waals surface area contributed by atoms with Crippen LogP contribution in [0.15, 0.2) is 88.5 Å². The molecular weight excluding hydrogens is 470 g/mol.